The predicted molar refractivity (Wildman–Crippen MR) is 90.9 cm³/mol. The summed E-state index contributed by atoms with van der Waals surface area (Å²) >= 11 is 0. The van der Waals surface area contributed by atoms with Gasteiger partial charge in [-0.25, -0.2) is 9.37 Å². The molecule has 2 aliphatic heterocycles. The molecule has 0 aliphatic carbocycles. The number of amides is 2. The Labute approximate surface area is 149 Å². The van der Waals surface area contributed by atoms with E-state index in [4.69, 9.17) is 4.74 Å². The average molecular weight is 358 g/mol. The Bertz CT molecular complexity index is 849. The van der Waals surface area contributed by atoms with Crippen molar-refractivity contribution in [2.45, 2.75) is 25.5 Å². The number of aryl methyl sites for hydroxylation is 1. The fourth-order valence-electron chi connectivity index (χ4n) is 3.45. The number of piperidine rings is 1. The van der Waals surface area contributed by atoms with Gasteiger partial charge in [-0.15, -0.1) is 0 Å². The Morgan fingerprint density at radius 2 is 2.12 bits per heavy atom. The quantitative estimate of drug-likeness (QED) is 0.846. The second-order valence-electron chi connectivity index (χ2n) is 6.63. The summed E-state index contributed by atoms with van der Waals surface area (Å²) in [7, 11) is 0. The van der Waals surface area contributed by atoms with Gasteiger partial charge >= 0.3 is 0 Å². The van der Waals surface area contributed by atoms with Gasteiger partial charge in [0, 0.05) is 24.3 Å². The van der Waals surface area contributed by atoms with Crippen molar-refractivity contribution in [1.82, 2.24) is 20.2 Å². The van der Waals surface area contributed by atoms with Crippen molar-refractivity contribution in [2.24, 2.45) is 0 Å². The molecule has 1 aromatic carbocycles. The van der Waals surface area contributed by atoms with E-state index < -0.39 is 0 Å². The SMILES string of the molecule is Cc1[nH]c(-c2ccc(F)cc2)nc1C(=O)N1CC[C@H]2OCC(=O)N[C@H]2C1. The molecule has 0 unspecified atom stereocenters. The Morgan fingerprint density at radius 3 is 2.88 bits per heavy atom. The van der Waals surface area contributed by atoms with E-state index >= 15 is 0 Å². The fraction of sp³-hybridized carbons (Fsp3) is 0.389. The maximum absolute atomic E-state index is 13.1. The highest BCUT2D eigenvalue weighted by Crippen LogP contribution is 2.22. The van der Waals surface area contributed by atoms with Crippen LogP contribution in [0.15, 0.2) is 24.3 Å². The van der Waals surface area contributed by atoms with Gasteiger partial charge in [0.2, 0.25) is 5.91 Å². The molecule has 136 valence electrons. The Balaban J connectivity index is 1.53. The highest BCUT2D eigenvalue weighted by molar-refractivity contribution is 5.94. The lowest BCUT2D eigenvalue weighted by molar-refractivity contribution is -0.139. The first kappa shape index (κ1) is 16.7. The number of nitrogens with one attached hydrogen (secondary N) is 2. The smallest absolute Gasteiger partial charge is 0.274 e. The van der Waals surface area contributed by atoms with Crippen LogP contribution in [-0.2, 0) is 9.53 Å². The third-order valence-corrected chi connectivity index (χ3v) is 4.82. The fourth-order valence-corrected chi connectivity index (χ4v) is 3.45. The largest absolute Gasteiger partial charge is 0.366 e. The third kappa shape index (κ3) is 3.08. The van der Waals surface area contributed by atoms with E-state index in [-0.39, 0.29) is 36.4 Å². The molecule has 2 saturated heterocycles. The maximum atomic E-state index is 13.1. The van der Waals surface area contributed by atoms with E-state index in [1.165, 1.54) is 12.1 Å². The van der Waals surface area contributed by atoms with Crippen LogP contribution in [0.25, 0.3) is 11.4 Å². The Kier molecular flexibility index (Phi) is 4.20. The molecule has 2 fully saturated rings. The van der Waals surface area contributed by atoms with Crippen LogP contribution in [0.4, 0.5) is 4.39 Å². The third-order valence-electron chi connectivity index (χ3n) is 4.82. The van der Waals surface area contributed by atoms with Gasteiger partial charge in [-0.1, -0.05) is 0 Å². The molecule has 8 heteroatoms. The first-order valence-corrected chi connectivity index (χ1v) is 8.54. The first-order chi connectivity index (χ1) is 12.5. The second kappa shape index (κ2) is 6.53. The molecule has 1 aromatic heterocycles. The number of H-pyrrole nitrogens is 1. The first-order valence-electron chi connectivity index (χ1n) is 8.54. The van der Waals surface area contributed by atoms with Crippen molar-refractivity contribution in [3.05, 3.63) is 41.5 Å². The predicted octanol–water partition coefficient (Wildman–Crippen LogP) is 1.25. The van der Waals surface area contributed by atoms with Crippen LogP contribution in [0.3, 0.4) is 0 Å². The number of halogens is 1. The topological polar surface area (TPSA) is 87.3 Å². The van der Waals surface area contributed by atoms with Gasteiger partial charge < -0.3 is 19.9 Å². The molecule has 7 nitrogen and oxygen atoms in total. The summed E-state index contributed by atoms with van der Waals surface area (Å²) in [5.74, 6) is -0.150. The van der Waals surface area contributed by atoms with E-state index in [0.717, 1.165) is 0 Å². The van der Waals surface area contributed by atoms with Crippen molar-refractivity contribution < 1.29 is 18.7 Å². The molecule has 0 saturated carbocycles. The molecule has 0 bridgehead atoms. The summed E-state index contributed by atoms with van der Waals surface area (Å²) in [6, 6.07) is 5.74. The van der Waals surface area contributed by atoms with Crippen LogP contribution >= 0.6 is 0 Å². The van der Waals surface area contributed by atoms with Gasteiger partial charge in [-0.05, 0) is 37.6 Å². The zero-order valence-corrected chi connectivity index (χ0v) is 14.3. The highest BCUT2D eigenvalue weighted by atomic mass is 19.1. The maximum Gasteiger partial charge on any atom is 0.274 e. The highest BCUT2D eigenvalue weighted by Gasteiger charge is 2.37. The molecule has 26 heavy (non-hydrogen) atoms. The number of morpholine rings is 1. The molecular formula is C18H19FN4O3. The minimum absolute atomic E-state index is 0.0493. The second-order valence-corrected chi connectivity index (χ2v) is 6.63. The molecule has 4 rings (SSSR count). The van der Waals surface area contributed by atoms with E-state index in [1.807, 2.05) is 0 Å². The van der Waals surface area contributed by atoms with Gasteiger partial charge in [0.05, 0.1) is 12.1 Å². The average Bonchev–Trinajstić information content (AvgIpc) is 3.02. The van der Waals surface area contributed by atoms with E-state index in [2.05, 4.69) is 15.3 Å². The lowest BCUT2D eigenvalue weighted by atomic mass is 10.00. The van der Waals surface area contributed by atoms with Gasteiger partial charge in [0.1, 0.15) is 23.9 Å². The number of aromatic nitrogens is 2. The molecule has 0 spiro atoms. The molecule has 2 aromatic rings. The Morgan fingerprint density at radius 1 is 1.35 bits per heavy atom. The van der Waals surface area contributed by atoms with Crippen LogP contribution in [-0.4, -0.2) is 58.5 Å². The number of likely N-dealkylation sites (tertiary alicyclic amines) is 1. The standard InChI is InChI=1S/C18H19FN4O3/c1-10-16(22-17(20-10)11-2-4-12(19)5-3-11)18(25)23-7-6-14-13(8-23)21-15(24)9-26-14/h2-5,13-14H,6-9H2,1H3,(H,20,22)(H,21,24)/t13-,14+/m0/s1. The number of aromatic amines is 1. The Hall–Kier alpha value is -2.74. The van der Waals surface area contributed by atoms with Crippen molar-refractivity contribution in [3.8, 4) is 11.4 Å². The number of hydrogen-bond acceptors (Lipinski definition) is 4. The minimum Gasteiger partial charge on any atom is -0.366 e. The number of rotatable bonds is 2. The van der Waals surface area contributed by atoms with Crippen LogP contribution in [0.2, 0.25) is 0 Å². The van der Waals surface area contributed by atoms with Gasteiger partial charge in [-0.3, -0.25) is 9.59 Å². The molecule has 2 amide bonds. The molecule has 2 N–H and O–H groups in total. The van der Waals surface area contributed by atoms with E-state index in [0.29, 0.717) is 42.3 Å². The van der Waals surface area contributed by atoms with Crippen LogP contribution in [0, 0.1) is 12.7 Å². The van der Waals surface area contributed by atoms with Gasteiger partial charge in [0.25, 0.3) is 5.91 Å². The number of imidazole rings is 1. The van der Waals surface area contributed by atoms with Crippen LogP contribution < -0.4 is 5.32 Å². The number of carbonyl (C=O) groups is 2. The summed E-state index contributed by atoms with van der Waals surface area (Å²) in [4.78, 5) is 33.6. The van der Waals surface area contributed by atoms with E-state index in [1.54, 1.807) is 24.0 Å². The van der Waals surface area contributed by atoms with Gasteiger partial charge in [0.15, 0.2) is 0 Å². The molecule has 2 atom stereocenters. The van der Waals surface area contributed by atoms with Crippen molar-refractivity contribution in [3.63, 3.8) is 0 Å². The van der Waals surface area contributed by atoms with Crippen molar-refractivity contribution in [1.29, 1.82) is 0 Å². The molecular weight excluding hydrogens is 339 g/mol. The van der Waals surface area contributed by atoms with Crippen LogP contribution in [0.5, 0.6) is 0 Å². The van der Waals surface area contributed by atoms with E-state index in [9.17, 15) is 14.0 Å². The zero-order chi connectivity index (χ0) is 18.3. The summed E-state index contributed by atoms with van der Waals surface area (Å²) in [5.41, 5.74) is 1.70. The van der Waals surface area contributed by atoms with Gasteiger partial charge in [-0.2, -0.15) is 0 Å². The van der Waals surface area contributed by atoms with Crippen molar-refractivity contribution >= 4 is 11.8 Å². The zero-order valence-electron chi connectivity index (χ0n) is 14.3. The number of hydrogen-bond donors (Lipinski definition) is 2. The summed E-state index contributed by atoms with van der Waals surface area (Å²) in [6.07, 6.45) is 0.622. The lowest BCUT2D eigenvalue weighted by Crippen LogP contribution is -2.61. The summed E-state index contributed by atoms with van der Waals surface area (Å²) in [6.45, 7) is 2.81. The lowest BCUT2D eigenvalue weighted by Gasteiger charge is -2.40. The molecule has 3 heterocycles. The minimum atomic E-state index is -0.326. The number of carbonyl (C=O) groups excluding carboxylic acids is 2. The number of fused-ring (bicyclic) bond motifs is 1. The van der Waals surface area contributed by atoms with Crippen LogP contribution in [0.1, 0.15) is 22.6 Å². The molecule has 0 radical (unpaired) electrons. The monoisotopic (exact) mass is 358 g/mol. The number of ether oxygens (including phenoxy) is 1. The summed E-state index contributed by atoms with van der Waals surface area (Å²) < 4.78 is 18.6. The van der Waals surface area contributed by atoms with Crippen molar-refractivity contribution in [2.75, 3.05) is 19.7 Å². The number of benzene rings is 1. The normalized spacial score (nSPS) is 22.7. The number of nitrogens with zero attached hydrogens (tertiary/aromatic N) is 2. The summed E-state index contributed by atoms with van der Waals surface area (Å²) in [5, 5.41) is 2.88. The molecule has 2 aliphatic rings.